The molecule has 0 fully saturated rings. The van der Waals surface area contributed by atoms with Gasteiger partial charge < -0.3 is 5.32 Å². The van der Waals surface area contributed by atoms with Gasteiger partial charge in [-0.15, -0.1) is 0 Å². The van der Waals surface area contributed by atoms with Crippen LogP contribution in [0.5, 0.6) is 0 Å². The number of hydrogen-bond acceptors (Lipinski definition) is 3. The Morgan fingerprint density at radius 2 is 1.65 bits per heavy atom. The van der Waals surface area contributed by atoms with Crippen molar-refractivity contribution in [2.24, 2.45) is 0 Å². The maximum Gasteiger partial charge on any atom is 0.333 e. The topological polar surface area (TPSA) is 75.3 Å². The Labute approximate surface area is 133 Å². The Morgan fingerprint density at radius 3 is 2.35 bits per heavy atom. The second-order valence-electron chi connectivity index (χ2n) is 5.84. The lowest BCUT2D eigenvalue weighted by molar-refractivity contribution is 0.256. The highest BCUT2D eigenvalue weighted by molar-refractivity contribution is 7.90. The van der Waals surface area contributed by atoms with E-state index in [0.717, 1.165) is 0 Å². The van der Waals surface area contributed by atoms with Crippen LogP contribution in [-0.4, -0.2) is 14.4 Å². The molecule has 5 nitrogen and oxygen atoms in total. The van der Waals surface area contributed by atoms with E-state index >= 15 is 0 Å². The van der Waals surface area contributed by atoms with Crippen molar-refractivity contribution in [1.29, 1.82) is 0 Å². The molecule has 120 valence electrons. The molecule has 1 aliphatic rings. The highest BCUT2D eigenvalue weighted by Gasteiger charge is 2.35. The number of halogens is 1. The van der Waals surface area contributed by atoms with E-state index in [9.17, 15) is 17.6 Å². The van der Waals surface area contributed by atoms with Gasteiger partial charge >= 0.3 is 6.03 Å². The monoisotopic (exact) mass is 334 g/mol. The first-order valence-corrected chi connectivity index (χ1v) is 8.44. The summed E-state index contributed by atoms with van der Waals surface area (Å²) in [4.78, 5) is 11.6. The average Bonchev–Trinajstić information content (AvgIpc) is 2.46. The molecule has 0 spiro atoms. The van der Waals surface area contributed by atoms with Gasteiger partial charge in [0.25, 0.3) is 10.0 Å². The van der Waals surface area contributed by atoms with Crippen LogP contribution in [0.4, 0.5) is 14.9 Å². The normalized spacial score (nSPS) is 16.2. The highest BCUT2D eigenvalue weighted by atomic mass is 32.2. The first-order valence-electron chi connectivity index (χ1n) is 6.96. The number of anilines is 1. The first-order chi connectivity index (χ1) is 10.7. The lowest BCUT2D eigenvalue weighted by Crippen LogP contribution is -2.40. The predicted molar refractivity (Wildman–Crippen MR) is 84.3 cm³/mol. The molecule has 2 N–H and O–H groups in total. The fraction of sp³-hybridized carbons (Fsp3) is 0.188. The minimum atomic E-state index is -3.92. The molecular formula is C16H15FN2O3S. The van der Waals surface area contributed by atoms with Crippen LogP contribution in [0.3, 0.4) is 0 Å². The van der Waals surface area contributed by atoms with Crippen LogP contribution in [0.15, 0.2) is 47.4 Å². The smallest absolute Gasteiger partial charge is 0.306 e. The fourth-order valence-electron chi connectivity index (χ4n) is 2.83. The lowest BCUT2D eigenvalue weighted by atomic mass is 9.77. The van der Waals surface area contributed by atoms with Gasteiger partial charge in [0.1, 0.15) is 10.7 Å². The lowest BCUT2D eigenvalue weighted by Gasteiger charge is -2.31. The van der Waals surface area contributed by atoms with Gasteiger partial charge in [0.15, 0.2) is 0 Å². The number of hydrogen-bond donors (Lipinski definition) is 2. The van der Waals surface area contributed by atoms with Gasteiger partial charge in [-0.2, -0.15) is 0 Å². The molecule has 1 heterocycles. The van der Waals surface area contributed by atoms with Crippen molar-refractivity contribution in [3.63, 3.8) is 0 Å². The maximum atomic E-state index is 14.2. The molecule has 0 bridgehead atoms. The van der Waals surface area contributed by atoms with Gasteiger partial charge in [-0.25, -0.2) is 22.3 Å². The zero-order chi connectivity index (χ0) is 16.8. The largest absolute Gasteiger partial charge is 0.333 e. The maximum absolute atomic E-state index is 14.2. The molecule has 2 aromatic rings. The van der Waals surface area contributed by atoms with Crippen molar-refractivity contribution in [2.45, 2.75) is 24.2 Å². The number of sulfonamides is 1. The van der Waals surface area contributed by atoms with Crippen molar-refractivity contribution < 1.29 is 17.6 Å². The summed E-state index contributed by atoms with van der Waals surface area (Å²) in [6.07, 6.45) is 0. The summed E-state index contributed by atoms with van der Waals surface area (Å²) in [5.41, 5.74) is 0.290. The van der Waals surface area contributed by atoms with Crippen molar-refractivity contribution in [1.82, 2.24) is 4.72 Å². The van der Waals surface area contributed by atoms with E-state index in [4.69, 9.17) is 0 Å². The molecule has 0 aliphatic carbocycles. The van der Waals surface area contributed by atoms with Crippen molar-refractivity contribution in [3.8, 4) is 0 Å². The molecule has 0 saturated heterocycles. The second kappa shape index (κ2) is 5.06. The molecule has 0 radical (unpaired) electrons. The Balaban J connectivity index is 2.27. The van der Waals surface area contributed by atoms with E-state index in [1.807, 2.05) is 4.72 Å². The Kier molecular flexibility index (Phi) is 3.40. The van der Waals surface area contributed by atoms with Crippen LogP contribution in [-0.2, 0) is 15.4 Å². The zero-order valence-electron chi connectivity index (χ0n) is 12.6. The molecule has 0 atom stereocenters. The highest BCUT2D eigenvalue weighted by Crippen LogP contribution is 2.40. The standard InChI is InChI=1S/C16H15FN2O3S/c1-16(2,10-6-3-4-8-12(10)17)11-7-5-9-13-14(11)18-15(20)19-23(13,21)22/h3-9H,1-2H3,(H2,18,19,20). The number of benzene rings is 2. The van der Waals surface area contributed by atoms with E-state index in [1.54, 1.807) is 44.2 Å². The summed E-state index contributed by atoms with van der Waals surface area (Å²) in [7, 11) is -3.92. The SMILES string of the molecule is CC(C)(c1ccccc1F)c1cccc2c1NC(=O)NS2(=O)=O. The van der Waals surface area contributed by atoms with Crippen molar-refractivity contribution >= 4 is 21.7 Å². The molecule has 23 heavy (non-hydrogen) atoms. The summed E-state index contributed by atoms with van der Waals surface area (Å²) < 4.78 is 40.3. The molecule has 0 aromatic heterocycles. The summed E-state index contributed by atoms with van der Waals surface area (Å²) in [5.74, 6) is -0.391. The quantitative estimate of drug-likeness (QED) is 0.886. The van der Waals surface area contributed by atoms with Gasteiger partial charge in [0.2, 0.25) is 0 Å². The number of amides is 2. The number of urea groups is 1. The summed E-state index contributed by atoms with van der Waals surface area (Å²) in [6.45, 7) is 3.56. The minimum Gasteiger partial charge on any atom is -0.306 e. The molecule has 2 aromatic carbocycles. The summed E-state index contributed by atoms with van der Waals surface area (Å²) in [6, 6.07) is 10.1. The number of fused-ring (bicyclic) bond motifs is 1. The molecule has 0 saturated carbocycles. The molecular weight excluding hydrogens is 319 g/mol. The molecule has 3 rings (SSSR count). The molecule has 1 aliphatic heterocycles. The van der Waals surface area contributed by atoms with Gasteiger partial charge in [-0.3, -0.25) is 0 Å². The van der Waals surface area contributed by atoms with Crippen molar-refractivity contribution in [3.05, 3.63) is 59.4 Å². The summed E-state index contributed by atoms with van der Waals surface area (Å²) in [5, 5.41) is 2.53. The van der Waals surface area contributed by atoms with Crippen LogP contribution in [0, 0.1) is 5.82 Å². The molecule has 2 amide bonds. The van der Waals surface area contributed by atoms with Crippen LogP contribution >= 0.6 is 0 Å². The van der Waals surface area contributed by atoms with Crippen LogP contribution in [0.2, 0.25) is 0 Å². The zero-order valence-corrected chi connectivity index (χ0v) is 13.4. The Hall–Kier alpha value is -2.41. The predicted octanol–water partition coefficient (Wildman–Crippen LogP) is 2.98. The summed E-state index contributed by atoms with van der Waals surface area (Å²) >= 11 is 0. The number of carbonyl (C=O) groups excluding carboxylic acids is 1. The van der Waals surface area contributed by atoms with E-state index in [-0.39, 0.29) is 10.6 Å². The fourth-order valence-corrected chi connectivity index (χ4v) is 3.93. The second-order valence-corrected chi connectivity index (χ2v) is 7.49. The third-order valence-corrected chi connectivity index (χ3v) is 5.38. The average molecular weight is 334 g/mol. The third-order valence-electron chi connectivity index (χ3n) is 4.00. The van der Waals surface area contributed by atoms with Gasteiger partial charge in [-0.1, -0.05) is 44.2 Å². The number of rotatable bonds is 2. The van der Waals surface area contributed by atoms with Crippen molar-refractivity contribution in [2.75, 3.05) is 5.32 Å². The van der Waals surface area contributed by atoms with Gasteiger partial charge in [0.05, 0.1) is 5.69 Å². The first kappa shape index (κ1) is 15.5. The minimum absolute atomic E-state index is 0.0287. The van der Waals surface area contributed by atoms with Crippen LogP contribution < -0.4 is 10.0 Å². The Morgan fingerprint density at radius 1 is 1.00 bits per heavy atom. The number of para-hydroxylation sites is 1. The Bertz CT molecular complexity index is 907. The van der Waals surface area contributed by atoms with Crippen LogP contribution in [0.1, 0.15) is 25.0 Å². The van der Waals surface area contributed by atoms with E-state index in [1.165, 1.54) is 12.1 Å². The van der Waals surface area contributed by atoms with E-state index in [0.29, 0.717) is 11.1 Å². The molecule has 7 heteroatoms. The van der Waals surface area contributed by atoms with Gasteiger partial charge in [-0.05, 0) is 23.3 Å². The number of nitrogens with one attached hydrogen (secondary N) is 2. The van der Waals surface area contributed by atoms with Gasteiger partial charge in [0, 0.05) is 5.41 Å². The van der Waals surface area contributed by atoms with E-state index < -0.39 is 27.3 Å². The third kappa shape index (κ3) is 2.46. The van der Waals surface area contributed by atoms with E-state index in [2.05, 4.69) is 5.32 Å². The molecule has 0 unspecified atom stereocenters. The number of carbonyl (C=O) groups is 1. The van der Waals surface area contributed by atoms with Crippen LogP contribution in [0.25, 0.3) is 0 Å².